The molecule has 1 heterocycles. The fourth-order valence-electron chi connectivity index (χ4n) is 0.809. The van der Waals surface area contributed by atoms with Crippen molar-refractivity contribution in [1.29, 1.82) is 0 Å². The second-order valence-electron chi connectivity index (χ2n) is 2.57. The highest BCUT2D eigenvalue weighted by Crippen LogP contribution is 2.01. The summed E-state index contributed by atoms with van der Waals surface area (Å²) < 4.78 is 22.8. The Kier molecular flexibility index (Phi) is 2.87. The van der Waals surface area contributed by atoms with E-state index in [-0.39, 0.29) is 17.5 Å². The van der Waals surface area contributed by atoms with Crippen molar-refractivity contribution in [2.24, 2.45) is 5.14 Å². The van der Waals surface area contributed by atoms with Gasteiger partial charge < -0.3 is 5.32 Å². The van der Waals surface area contributed by atoms with Gasteiger partial charge in [-0.05, 0) is 6.07 Å². The summed E-state index contributed by atoms with van der Waals surface area (Å²) in [4.78, 5) is 10.9. The molecule has 1 rings (SSSR count). The number of amides is 1. The molecule has 0 bridgehead atoms. The Balaban J connectivity index is 2.84. The van der Waals surface area contributed by atoms with E-state index in [1.54, 1.807) is 0 Å². The fraction of sp³-hybridized carbons (Fsp3) is 0.333. The predicted octanol–water partition coefficient (Wildman–Crippen LogP) is -1.72. The lowest BCUT2D eigenvalue weighted by atomic mass is 10.6. The highest BCUT2D eigenvalue weighted by molar-refractivity contribution is 7.89. The maximum Gasteiger partial charge on any atom is 0.257 e. The van der Waals surface area contributed by atoms with Crippen LogP contribution in [-0.2, 0) is 21.4 Å². The molecule has 0 aliphatic rings. The van der Waals surface area contributed by atoms with Gasteiger partial charge in [-0.15, -0.1) is 0 Å². The van der Waals surface area contributed by atoms with Crippen molar-refractivity contribution in [3.63, 3.8) is 0 Å². The van der Waals surface area contributed by atoms with E-state index in [0.29, 0.717) is 0 Å². The van der Waals surface area contributed by atoms with Gasteiger partial charge in [-0.2, -0.15) is 5.10 Å². The Hall–Kier alpha value is -1.41. The standard InChI is InChI=1S/C6H10N4O3S/c1-8-5(11)4-10-3-2-6(9-10)14(7,12)13/h2-3H,4H2,1H3,(H,8,11)(H2,7,12,13). The van der Waals surface area contributed by atoms with Crippen LogP contribution in [0.15, 0.2) is 17.3 Å². The monoisotopic (exact) mass is 218 g/mol. The molecule has 0 aliphatic carbocycles. The van der Waals surface area contributed by atoms with E-state index in [0.717, 1.165) is 0 Å². The first kappa shape index (κ1) is 10.7. The smallest absolute Gasteiger partial charge is 0.257 e. The van der Waals surface area contributed by atoms with E-state index < -0.39 is 10.0 Å². The van der Waals surface area contributed by atoms with Gasteiger partial charge in [-0.25, -0.2) is 13.6 Å². The minimum absolute atomic E-state index is 0.0357. The number of primary sulfonamides is 1. The van der Waals surface area contributed by atoms with Crippen molar-refractivity contribution in [3.05, 3.63) is 12.3 Å². The first-order chi connectivity index (χ1) is 6.43. The lowest BCUT2D eigenvalue weighted by Crippen LogP contribution is -2.24. The van der Waals surface area contributed by atoms with Gasteiger partial charge in [0.1, 0.15) is 6.54 Å². The third kappa shape index (κ3) is 2.54. The van der Waals surface area contributed by atoms with Gasteiger partial charge in [0.15, 0.2) is 5.03 Å². The normalized spacial score (nSPS) is 11.3. The Bertz CT molecular complexity index is 436. The molecule has 3 N–H and O–H groups in total. The molecule has 0 aromatic carbocycles. The number of hydrogen-bond acceptors (Lipinski definition) is 4. The zero-order chi connectivity index (χ0) is 10.8. The van der Waals surface area contributed by atoms with Crippen LogP contribution in [0.4, 0.5) is 0 Å². The zero-order valence-electron chi connectivity index (χ0n) is 7.47. The number of sulfonamides is 1. The molecule has 8 heteroatoms. The van der Waals surface area contributed by atoms with Crippen LogP contribution in [-0.4, -0.2) is 31.2 Å². The molecule has 14 heavy (non-hydrogen) atoms. The quantitative estimate of drug-likeness (QED) is 0.629. The average molecular weight is 218 g/mol. The van der Waals surface area contributed by atoms with Crippen LogP contribution in [0.3, 0.4) is 0 Å². The molecular weight excluding hydrogens is 208 g/mol. The summed E-state index contributed by atoms with van der Waals surface area (Å²) in [5.41, 5.74) is 0. The van der Waals surface area contributed by atoms with E-state index in [4.69, 9.17) is 5.14 Å². The second-order valence-corrected chi connectivity index (χ2v) is 4.08. The molecule has 0 saturated heterocycles. The molecule has 1 aromatic heterocycles. The van der Waals surface area contributed by atoms with Gasteiger partial charge in [0.05, 0.1) is 0 Å². The molecule has 78 valence electrons. The van der Waals surface area contributed by atoms with Crippen molar-refractivity contribution < 1.29 is 13.2 Å². The number of carbonyl (C=O) groups excluding carboxylic acids is 1. The van der Waals surface area contributed by atoms with Gasteiger partial charge in [-0.1, -0.05) is 0 Å². The molecule has 1 amide bonds. The van der Waals surface area contributed by atoms with Crippen LogP contribution in [0, 0.1) is 0 Å². The topological polar surface area (TPSA) is 107 Å². The van der Waals surface area contributed by atoms with Crippen LogP contribution in [0.1, 0.15) is 0 Å². The van der Waals surface area contributed by atoms with Crippen LogP contribution >= 0.6 is 0 Å². The van der Waals surface area contributed by atoms with Crippen molar-refractivity contribution in [1.82, 2.24) is 15.1 Å². The molecule has 0 atom stereocenters. The third-order valence-electron chi connectivity index (χ3n) is 1.49. The number of likely N-dealkylation sites (N-methyl/N-ethyl adjacent to an activating group) is 1. The van der Waals surface area contributed by atoms with Gasteiger partial charge in [0.25, 0.3) is 10.0 Å². The van der Waals surface area contributed by atoms with E-state index in [2.05, 4.69) is 10.4 Å². The molecule has 7 nitrogen and oxygen atoms in total. The lowest BCUT2D eigenvalue weighted by Gasteiger charge is -1.98. The van der Waals surface area contributed by atoms with E-state index in [1.165, 1.54) is 24.0 Å². The highest BCUT2D eigenvalue weighted by Gasteiger charge is 2.12. The molecule has 0 spiro atoms. The van der Waals surface area contributed by atoms with E-state index in [1.807, 2.05) is 0 Å². The van der Waals surface area contributed by atoms with Gasteiger partial charge >= 0.3 is 0 Å². The maximum atomic E-state index is 10.9. The molecule has 0 saturated carbocycles. The van der Waals surface area contributed by atoms with Crippen molar-refractivity contribution >= 4 is 15.9 Å². The molecule has 0 fully saturated rings. The molecular formula is C6H10N4O3S. The largest absolute Gasteiger partial charge is 0.358 e. The highest BCUT2D eigenvalue weighted by atomic mass is 32.2. The molecule has 0 unspecified atom stereocenters. The maximum absolute atomic E-state index is 10.9. The second kappa shape index (κ2) is 3.76. The van der Waals surface area contributed by atoms with Gasteiger partial charge in [0, 0.05) is 13.2 Å². The van der Waals surface area contributed by atoms with Crippen LogP contribution in [0.5, 0.6) is 0 Å². The summed E-state index contributed by atoms with van der Waals surface area (Å²) in [6.07, 6.45) is 1.37. The summed E-state index contributed by atoms with van der Waals surface area (Å²) in [6, 6.07) is 1.23. The van der Waals surface area contributed by atoms with Gasteiger partial charge in [-0.3, -0.25) is 9.48 Å². The van der Waals surface area contributed by atoms with Crippen LogP contribution in [0.25, 0.3) is 0 Å². The number of hydrogen-bond donors (Lipinski definition) is 2. The van der Waals surface area contributed by atoms with Crippen molar-refractivity contribution in [3.8, 4) is 0 Å². The minimum atomic E-state index is -3.79. The minimum Gasteiger partial charge on any atom is -0.358 e. The number of nitrogens with two attached hydrogens (primary N) is 1. The summed E-state index contributed by atoms with van der Waals surface area (Å²) >= 11 is 0. The number of nitrogens with one attached hydrogen (secondary N) is 1. The first-order valence-corrected chi connectivity index (χ1v) is 5.25. The summed E-state index contributed by atoms with van der Waals surface area (Å²) in [7, 11) is -2.31. The van der Waals surface area contributed by atoms with Crippen LogP contribution < -0.4 is 10.5 Å². The first-order valence-electron chi connectivity index (χ1n) is 3.70. The molecule has 0 radical (unpaired) electrons. The average Bonchev–Trinajstić information content (AvgIpc) is 2.51. The van der Waals surface area contributed by atoms with E-state index in [9.17, 15) is 13.2 Å². The summed E-state index contributed by atoms with van der Waals surface area (Å²) in [6.45, 7) is -0.0357. The zero-order valence-corrected chi connectivity index (χ0v) is 8.28. The fourth-order valence-corrected chi connectivity index (χ4v) is 1.28. The van der Waals surface area contributed by atoms with Crippen LogP contribution in [0.2, 0.25) is 0 Å². The summed E-state index contributed by atoms with van der Waals surface area (Å²) in [5, 5.41) is 10.6. The number of aromatic nitrogens is 2. The number of carbonyl (C=O) groups is 1. The molecule has 1 aromatic rings. The Morgan fingerprint density at radius 3 is 2.79 bits per heavy atom. The van der Waals surface area contributed by atoms with Crippen molar-refractivity contribution in [2.45, 2.75) is 11.6 Å². The summed E-state index contributed by atoms with van der Waals surface area (Å²) in [5.74, 6) is -0.269. The molecule has 0 aliphatic heterocycles. The third-order valence-corrected chi connectivity index (χ3v) is 2.29. The van der Waals surface area contributed by atoms with E-state index >= 15 is 0 Å². The Morgan fingerprint density at radius 1 is 1.71 bits per heavy atom. The lowest BCUT2D eigenvalue weighted by molar-refractivity contribution is -0.121. The Labute approximate surface area is 80.9 Å². The van der Waals surface area contributed by atoms with Gasteiger partial charge in [0.2, 0.25) is 5.91 Å². The Morgan fingerprint density at radius 2 is 2.36 bits per heavy atom. The predicted molar refractivity (Wildman–Crippen MR) is 47.7 cm³/mol. The van der Waals surface area contributed by atoms with Crippen molar-refractivity contribution in [2.75, 3.05) is 7.05 Å². The number of rotatable bonds is 3. The SMILES string of the molecule is CNC(=O)Cn1ccc(S(N)(=O)=O)n1. The number of nitrogens with zero attached hydrogens (tertiary/aromatic N) is 2.